The monoisotopic (exact) mass is 344 g/mol. The predicted octanol–water partition coefficient (Wildman–Crippen LogP) is 2.78. The third kappa shape index (κ3) is 4.77. The highest BCUT2D eigenvalue weighted by Crippen LogP contribution is 2.32. The van der Waals surface area contributed by atoms with Crippen LogP contribution in [0.25, 0.3) is 0 Å². The van der Waals surface area contributed by atoms with Crippen LogP contribution in [0.3, 0.4) is 0 Å². The zero-order valence-electron chi connectivity index (χ0n) is 10.5. The van der Waals surface area contributed by atoms with Crippen LogP contribution >= 0.6 is 34.8 Å². The average Bonchev–Trinajstić information content (AvgIpc) is 2.25. The normalized spacial score (nSPS) is 13.5. The molecular formula is C11H15Cl3N2O2S. The van der Waals surface area contributed by atoms with E-state index in [1.54, 1.807) is 7.05 Å². The van der Waals surface area contributed by atoms with Gasteiger partial charge in [0, 0.05) is 11.6 Å². The molecule has 1 aromatic carbocycles. The summed E-state index contributed by atoms with van der Waals surface area (Å²) in [6.45, 7) is 2.91. The van der Waals surface area contributed by atoms with Gasteiger partial charge >= 0.3 is 0 Å². The summed E-state index contributed by atoms with van der Waals surface area (Å²) in [5.41, 5.74) is 0. The van der Waals surface area contributed by atoms with Crippen LogP contribution < -0.4 is 10.0 Å². The van der Waals surface area contributed by atoms with E-state index >= 15 is 0 Å². The number of hydrogen-bond acceptors (Lipinski definition) is 3. The molecule has 0 amide bonds. The zero-order valence-corrected chi connectivity index (χ0v) is 13.6. The average molecular weight is 346 g/mol. The Morgan fingerprint density at radius 2 is 1.68 bits per heavy atom. The van der Waals surface area contributed by atoms with Gasteiger partial charge in [-0.2, -0.15) is 0 Å². The molecule has 8 heteroatoms. The fraction of sp³-hybridized carbons (Fsp3) is 0.455. The molecule has 0 heterocycles. The lowest BCUT2D eigenvalue weighted by Gasteiger charge is -2.14. The van der Waals surface area contributed by atoms with Crippen molar-refractivity contribution in [2.75, 3.05) is 20.1 Å². The molecule has 0 spiro atoms. The lowest BCUT2D eigenvalue weighted by atomic mass is 10.2. The van der Waals surface area contributed by atoms with Crippen molar-refractivity contribution in [2.45, 2.75) is 11.8 Å². The molecule has 0 fully saturated rings. The van der Waals surface area contributed by atoms with E-state index in [1.165, 1.54) is 12.1 Å². The minimum Gasteiger partial charge on any atom is -0.319 e. The van der Waals surface area contributed by atoms with Gasteiger partial charge in [0.15, 0.2) is 0 Å². The van der Waals surface area contributed by atoms with Gasteiger partial charge in [-0.15, -0.1) is 0 Å². The molecule has 1 rings (SSSR count). The van der Waals surface area contributed by atoms with Crippen LogP contribution in [0, 0.1) is 5.92 Å². The number of rotatable bonds is 6. The zero-order chi connectivity index (χ0) is 14.6. The summed E-state index contributed by atoms with van der Waals surface area (Å²) in [5, 5.41) is 3.27. The maximum Gasteiger partial charge on any atom is 0.243 e. The van der Waals surface area contributed by atoms with Gasteiger partial charge in [-0.3, -0.25) is 0 Å². The largest absolute Gasteiger partial charge is 0.319 e. The quantitative estimate of drug-likeness (QED) is 0.833. The fourth-order valence-electron chi connectivity index (χ4n) is 1.53. The highest BCUT2D eigenvalue weighted by molar-refractivity contribution is 7.89. The smallest absolute Gasteiger partial charge is 0.243 e. The lowest BCUT2D eigenvalue weighted by molar-refractivity contribution is 0.519. The Kier molecular flexibility index (Phi) is 6.36. The van der Waals surface area contributed by atoms with Crippen LogP contribution in [-0.2, 0) is 10.0 Å². The number of sulfonamides is 1. The summed E-state index contributed by atoms with van der Waals surface area (Å²) >= 11 is 17.5. The highest BCUT2D eigenvalue weighted by Gasteiger charge is 2.22. The molecule has 0 aromatic heterocycles. The van der Waals surface area contributed by atoms with Gasteiger partial charge in [-0.25, -0.2) is 13.1 Å². The molecule has 0 radical (unpaired) electrons. The SMILES string of the molecule is CNCC(C)CNS(=O)(=O)c1c(Cl)cc(Cl)cc1Cl. The minimum atomic E-state index is -3.75. The van der Waals surface area contributed by atoms with Crippen molar-refractivity contribution in [1.29, 1.82) is 0 Å². The number of nitrogens with one attached hydrogen (secondary N) is 2. The third-order valence-electron chi connectivity index (χ3n) is 2.41. The first-order chi connectivity index (χ1) is 8.77. The van der Waals surface area contributed by atoms with E-state index in [9.17, 15) is 8.42 Å². The van der Waals surface area contributed by atoms with Gasteiger partial charge in [0.05, 0.1) is 10.0 Å². The molecule has 0 aliphatic carbocycles. The van der Waals surface area contributed by atoms with Gasteiger partial charge in [0.25, 0.3) is 0 Å². The fourth-order valence-corrected chi connectivity index (χ4v) is 4.24. The van der Waals surface area contributed by atoms with Gasteiger partial charge in [-0.1, -0.05) is 41.7 Å². The van der Waals surface area contributed by atoms with Crippen molar-refractivity contribution < 1.29 is 8.42 Å². The maximum atomic E-state index is 12.2. The molecule has 1 aromatic rings. The molecule has 4 nitrogen and oxygen atoms in total. The molecule has 0 aliphatic rings. The third-order valence-corrected chi connectivity index (χ3v) is 4.97. The van der Waals surface area contributed by atoms with E-state index in [-0.39, 0.29) is 25.9 Å². The van der Waals surface area contributed by atoms with Gasteiger partial charge in [0.1, 0.15) is 4.90 Å². The van der Waals surface area contributed by atoms with E-state index in [2.05, 4.69) is 10.0 Å². The molecule has 0 aliphatic heterocycles. The molecule has 0 saturated carbocycles. The first-order valence-electron chi connectivity index (χ1n) is 5.56. The van der Waals surface area contributed by atoms with Crippen LogP contribution in [0.4, 0.5) is 0 Å². The summed E-state index contributed by atoms with van der Waals surface area (Å²) in [5.74, 6) is 0.143. The Balaban J connectivity index is 2.95. The number of hydrogen-bond donors (Lipinski definition) is 2. The van der Waals surface area contributed by atoms with Crippen molar-refractivity contribution >= 4 is 44.8 Å². The Bertz CT molecular complexity index is 526. The van der Waals surface area contributed by atoms with Gasteiger partial charge in [-0.05, 0) is 31.6 Å². The Hall–Kier alpha value is -0.0400. The summed E-state index contributed by atoms with van der Waals surface area (Å²) in [6.07, 6.45) is 0. The second-order valence-corrected chi connectivity index (χ2v) is 7.17. The van der Waals surface area contributed by atoms with E-state index in [4.69, 9.17) is 34.8 Å². The molecule has 2 N–H and O–H groups in total. The molecule has 0 saturated heterocycles. The minimum absolute atomic E-state index is 0.00581. The Labute approximate surface area is 128 Å². The van der Waals surface area contributed by atoms with Crippen molar-refractivity contribution in [2.24, 2.45) is 5.92 Å². The molecule has 19 heavy (non-hydrogen) atoms. The molecular weight excluding hydrogens is 331 g/mol. The van der Waals surface area contributed by atoms with Crippen LogP contribution in [0.15, 0.2) is 17.0 Å². The van der Waals surface area contributed by atoms with Crippen molar-refractivity contribution in [3.8, 4) is 0 Å². The van der Waals surface area contributed by atoms with Crippen LogP contribution in [-0.4, -0.2) is 28.6 Å². The topological polar surface area (TPSA) is 58.2 Å². The standard InChI is InChI=1S/C11H15Cl3N2O2S/c1-7(5-15-2)6-16-19(17,18)11-9(13)3-8(12)4-10(11)14/h3-4,7,15-16H,5-6H2,1-2H3. The first kappa shape index (κ1) is 17.0. The number of benzene rings is 1. The molecule has 0 bridgehead atoms. The van der Waals surface area contributed by atoms with Crippen molar-refractivity contribution in [3.63, 3.8) is 0 Å². The number of halogens is 3. The van der Waals surface area contributed by atoms with E-state index in [1.807, 2.05) is 6.92 Å². The summed E-state index contributed by atoms with van der Waals surface area (Å²) < 4.78 is 26.8. The first-order valence-corrected chi connectivity index (χ1v) is 8.18. The summed E-state index contributed by atoms with van der Waals surface area (Å²) in [4.78, 5) is -0.142. The molecule has 1 unspecified atom stereocenters. The van der Waals surface area contributed by atoms with E-state index in [0.29, 0.717) is 13.1 Å². The Morgan fingerprint density at radius 1 is 1.16 bits per heavy atom. The lowest BCUT2D eigenvalue weighted by Crippen LogP contribution is -2.32. The highest BCUT2D eigenvalue weighted by atomic mass is 35.5. The van der Waals surface area contributed by atoms with E-state index in [0.717, 1.165) is 0 Å². The van der Waals surface area contributed by atoms with Gasteiger partial charge in [0.2, 0.25) is 10.0 Å². The molecule has 1 atom stereocenters. The predicted molar refractivity (Wildman–Crippen MR) is 79.8 cm³/mol. The van der Waals surface area contributed by atoms with Crippen LogP contribution in [0.5, 0.6) is 0 Å². The Morgan fingerprint density at radius 3 is 2.16 bits per heavy atom. The molecule has 108 valence electrons. The summed E-state index contributed by atoms with van der Waals surface area (Å²) in [6, 6.07) is 2.70. The van der Waals surface area contributed by atoms with Crippen molar-refractivity contribution in [3.05, 3.63) is 27.2 Å². The second-order valence-electron chi connectivity index (χ2n) is 4.21. The van der Waals surface area contributed by atoms with E-state index < -0.39 is 10.0 Å². The van der Waals surface area contributed by atoms with Gasteiger partial charge < -0.3 is 5.32 Å². The van der Waals surface area contributed by atoms with Crippen LogP contribution in [0.2, 0.25) is 15.1 Å². The maximum absolute atomic E-state index is 12.2. The summed E-state index contributed by atoms with van der Waals surface area (Å²) in [7, 11) is -1.95. The van der Waals surface area contributed by atoms with Crippen LogP contribution in [0.1, 0.15) is 6.92 Å². The van der Waals surface area contributed by atoms with Crippen molar-refractivity contribution in [1.82, 2.24) is 10.0 Å². The second kappa shape index (κ2) is 7.11.